The third kappa shape index (κ3) is 14.1. The van der Waals surface area contributed by atoms with E-state index in [1.54, 1.807) is 30.3 Å². The highest BCUT2D eigenvalue weighted by Gasteiger charge is 2.18. The summed E-state index contributed by atoms with van der Waals surface area (Å²) in [5, 5.41) is 2.82. The lowest BCUT2D eigenvalue weighted by Crippen LogP contribution is -2.46. The summed E-state index contributed by atoms with van der Waals surface area (Å²) < 4.78 is 31.9. The molecule has 0 aliphatic rings. The first-order chi connectivity index (χ1) is 12.7. The molecule has 0 saturated carbocycles. The first-order valence-electron chi connectivity index (χ1n) is 9.37. The normalized spacial score (nSPS) is 11.3. The third-order valence-corrected chi connectivity index (χ3v) is 4.76. The van der Waals surface area contributed by atoms with E-state index < -0.39 is 15.9 Å². The van der Waals surface area contributed by atoms with E-state index in [4.69, 9.17) is 0 Å². The zero-order chi connectivity index (χ0) is 20.8. The molecular formula is C20H34N2O4S. The highest BCUT2D eigenvalue weighted by atomic mass is 32.2. The fourth-order valence-electron chi connectivity index (χ4n) is 2.94. The second-order valence-electron chi connectivity index (χ2n) is 6.83. The summed E-state index contributed by atoms with van der Waals surface area (Å²) in [6.07, 6.45) is 4.80. The van der Waals surface area contributed by atoms with Crippen LogP contribution < -0.4 is 5.32 Å². The topological polar surface area (TPSA) is 86.3 Å². The van der Waals surface area contributed by atoms with E-state index in [1.165, 1.54) is 32.0 Å². The number of hydrogen-bond acceptors (Lipinski definition) is 4. The van der Waals surface area contributed by atoms with Gasteiger partial charge in [-0.3, -0.25) is 4.79 Å². The first-order valence-corrected chi connectivity index (χ1v) is 10.9. The Kier molecular flexibility index (Phi) is 12.6. The van der Waals surface area contributed by atoms with Crippen molar-refractivity contribution in [2.75, 3.05) is 33.2 Å². The van der Waals surface area contributed by atoms with E-state index in [2.05, 4.69) is 32.8 Å². The van der Waals surface area contributed by atoms with E-state index in [9.17, 15) is 17.8 Å². The van der Waals surface area contributed by atoms with Gasteiger partial charge in [0.25, 0.3) is 0 Å². The van der Waals surface area contributed by atoms with E-state index in [1.807, 2.05) is 0 Å². The Balaban J connectivity index is 0.000000533. The Bertz CT molecular complexity index is 639. The van der Waals surface area contributed by atoms with E-state index >= 15 is 0 Å². The molecule has 7 heteroatoms. The molecule has 0 atom stereocenters. The maximum Gasteiger partial charge on any atom is 0.243 e. The van der Waals surface area contributed by atoms with Gasteiger partial charge < -0.3 is 14.4 Å². The Morgan fingerprint density at radius 3 is 2.15 bits per heavy atom. The van der Waals surface area contributed by atoms with Crippen LogP contribution in [-0.2, 0) is 20.7 Å². The van der Waals surface area contributed by atoms with Crippen molar-refractivity contribution in [1.82, 2.24) is 5.32 Å². The van der Waals surface area contributed by atoms with Crippen LogP contribution in [0.15, 0.2) is 43.0 Å². The Morgan fingerprint density at radius 1 is 1.15 bits per heavy atom. The van der Waals surface area contributed by atoms with Crippen LogP contribution in [-0.4, -0.2) is 56.6 Å². The number of nitrogens with zero attached hydrogens (tertiary/aromatic N) is 1. The minimum atomic E-state index is -4.13. The summed E-state index contributed by atoms with van der Waals surface area (Å²) in [6, 6.07) is 8.37. The van der Waals surface area contributed by atoms with Gasteiger partial charge in [-0.2, -0.15) is 0 Å². The number of benzene rings is 1. The molecule has 1 rings (SSSR count). The van der Waals surface area contributed by atoms with Crippen molar-refractivity contribution in [2.45, 2.75) is 38.9 Å². The largest absolute Gasteiger partial charge is 0.748 e. The molecule has 1 aromatic rings. The summed E-state index contributed by atoms with van der Waals surface area (Å²) >= 11 is 0. The number of carbonyl (C=O) groups excluding carboxylic acids is 1. The van der Waals surface area contributed by atoms with E-state index in [0.29, 0.717) is 5.56 Å². The van der Waals surface area contributed by atoms with Gasteiger partial charge in [0.2, 0.25) is 5.91 Å². The molecule has 27 heavy (non-hydrogen) atoms. The quantitative estimate of drug-likeness (QED) is 0.269. The predicted octanol–water partition coefficient (Wildman–Crippen LogP) is 2.68. The molecule has 6 nitrogen and oxygen atoms in total. The molecule has 0 aromatic heterocycles. The summed E-state index contributed by atoms with van der Waals surface area (Å²) in [5.74, 6) is -0.492. The van der Waals surface area contributed by atoms with Crippen LogP contribution in [0.4, 0.5) is 0 Å². The minimum absolute atomic E-state index is 0.0693. The van der Waals surface area contributed by atoms with E-state index in [-0.39, 0.29) is 5.91 Å². The van der Waals surface area contributed by atoms with Crippen LogP contribution in [0.3, 0.4) is 0 Å². The van der Waals surface area contributed by atoms with Gasteiger partial charge in [0, 0.05) is 13.0 Å². The second kappa shape index (κ2) is 13.5. The molecule has 1 amide bonds. The lowest BCUT2D eigenvalue weighted by Gasteiger charge is -2.34. The van der Waals surface area contributed by atoms with Crippen molar-refractivity contribution < 1.29 is 22.2 Å². The summed E-state index contributed by atoms with van der Waals surface area (Å²) in [5.41, 5.74) is 0.530. The lowest BCUT2D eigenvalue weighted by molar-refractivity contribution is -0.909. The molecule has 0 aliphatic heterocycles. The van der Waals surface area contributed by atoms with Crippen molar-refractivity contribution in [1.29, 1.82) is 0 Å². The molecule has 0 aliphatic carbocycles. The van der Waals surface area contributed by atoms with Crippen LogP contribution in [0, 0.1) is 0 Å². The minimum Gasteiger partial charge on any atom is -0.748 e. The maximum atomic E-state index is 11.0. The van der Waals surface area contributed by atoms with Crippen molar-refractivity contribution in [2.24, 2.45) is 0 Å². The monoisotopic (exact) mass is 398 g/mol. The van der Waals surface area contributed by atoms with Gasteiger partial charge in [0.05, 0.1) is 42.6 Å². The van der Waals surface area contributed by atoms with Gasteiger partial charge in [-0.05, 0) is 24.5 Å². The standard InChI is InChI=1S/C13H26N2O.C7H8O3S/c1-5-10-15(4,11-6-2)12-8-9-14-13(16)7-3;8-11(9,10)6-7-4-2-1-3-5-7/h7H,3,5-6,8-12H2,1-2,4H3;1-5H,6H2,(H,8,9,10). The van der Waals surface area contributed by atoms with Gasteiger partial charge in [-0.25, -0.2) is 8.42 Å². The Hall–Kier alpha value is -1.70. The second-order valence-corrected chi connectivity index (χ2v) is 8.23. The zero-order valence-corrected chi connectivity index (χ0v) is 17.6. The van der Waals surface area contributed by atoms with Gasteiger partial charge in [-0.15, -0.1) is 0 Å². The van der Waals surface area contributed by atoms with Crippen molar-refractivity contribution in [3.05, 3.63) is 48.6 Å². The summed E-state index contributed by atoms with van der Waals surface area (Å²) in [6.45, 7) is 12.2. The van der Waals surface area contributed by atoms with Gasteiger partial charge in [0.1, 0.15) is 0 Å². The molecule has 0 bridgehead atoms. The molecule has 0 unspecified atom stereocenters. The fraction of sp³-hybridized carbons (Fsp3) is 0.550. The molecule has 0 heterocycles. The predicted molar refractivity (Wildman–Crippen MR) is 109 cm³/mol. The first kappa shape index (κ1) is 25.3. The average Bonchev–Trinajstić information content (AvgIpc) is 2.59. The number of quaternary nitrogens is 1. The summed E-state index contributed by atoms with van der Waals surface area (Å²) in [7, 11) is -1.82. The fourth-order valence-corrected chi connectivity index (χ4v) is 3.54. The number of rotatable bonds is 11. The highest BCUT2D eigenvalue weighted by Crippen LogP contribution is 2.07. The molecule has 154 valence electrons. The molecular weight excluding hydrogens is 364 g/mol. The van der Waals surface area contributed by atoms with Crippen LogP contribution >= 0.6 is 0 Å². The van der Waals surface area contributed by atoms with Crippen LogP contribution in [0.1, 0.15) is 38.7 Å². The maximum absolute atomic E-state index is 11.0. The van der Waals surface area contributed by atoms with Crippen molar-refractivity contribution in [3.8, 4) is 0 Å². The molecule has 1 N–H and O–H groups in total. The third-order valence-electron chi connectivity index (χ3n) is 4.07. The van der Waals surface area contributed by atoms with Gasteiger partial charge in [-0.1, -0.05) is 50.8 Å². The zero-order valence-electron chi connectivity index (χ0n) is 16.8. The van der Waals surface area contributed by atoms with Crippen LogP contribution in [0.25, 0.3) is 0 Å². The average molecular weight is 399 g/mol. The Morgan fingerprint density at radius 2 is 1.70 bits per heavy atom. The van der Waals surface area contributed by atoms with Crippen molar-refractivity contribution in [3.63, 3.8) is 0 Å². The molecule has 0 fully saturated rings. The lowest BCUT2D eigenvalue weighted by atomic mass is 10.2. The number of carbonyl (C=O) groups is 1. The van der Waals surface area contributed by atoms with Gasteiger partial charge >= 0.3 is 0 Å². The molecule has 0 radical (unpaired) electrons. The highest BCUT2D eigenvalue weighted by molar-refractivity contribution is 7.84. The van der Waals surface area contributed by atoms with E-state index in [0.717, 1.165) is 24.0 Å². The number of nitrogens with one attached hydrogen (secondary N) is 1. The molecule has 1 aromatic carbocycles. The van der Waals surface area contributed by atoms with Crippen LogP contribution in [0.5, 0.6) is 0 Å². The van der Waals surface area contributed by atoms with Crippen molar-refractivity contribution >= 4 is 16.0 Å². The SMILES string of the molecule is C=CC(=O)NCCC[N+](C)(CCC)CCC.O=S(=O)([O-])Cc1ccccc1. The molecule has 0 saturated heterocycles. The van der Waals surface area contributed by atoms with Gasteiger partial charge in [0.15, 0.2) is 0 Å². The smallest absolute Gasteiger partial charge is 0.243 e. The van der Waals surface area contributed by atoms with Crippen LogP contribution in [0.2, 0.25) is 0 Å². The summed E-state index contributed by atoms with van der Waals surface area (Å²) in [4.78, 5) is 11.0. The number of amides is 1. The number of hydrogen-bond donors (Lipinski definition) is 1. The molecule has 0 spiro atoms. The Labute approximate surface area is 164 Å².